The summed E-state index contributed by atoms with van der Waals surface area (Å²) < 4.78 is 0. The molecule has 1 unspecified atom stereocenters. The highest BCUT2D eigenvalue weighted by molar-refractivity contribution is 7.17. The molecule has 2 N–H and O–H groups in total. The lowest BCUT2D eigenvalue weighted by Gasteiger charge is -2.32. The molecular weight excluding hydrogens is 482 g/mol. The van der Waals surface area contributed by atoms with Crippen LogP contribution in [0.4, 0.5) is 5.00 Å². The third-order valence-corrected chi connectivity index (χ3v) is 8.46. The Morgan fingerprint density at radius 3 is 2.63 bits per heavy atom. The average molecular weight is 514 g/mol. The maximum atomic E-state index is 13.1. The molecule has 0 spiro atoms. The SMILES string of the molecule is Cc1sc2c(c1C)C(c1ccc(Cl)cc1)=N[C@@H](CC(=O)NCN1CCN(C)CC1)C1=NNC(C)N12. The van der Waals surface area contributed by atoms with Gasteiger partial charge in [0.25, 0.3) is 0 Å². The highest BCUT2D eigenvalue weighted by Gasteiger charge is 2.39. The lowest BCUT2D eigenvalue weighted by atomic mass is 9.99. The maximum absolute atomic E-state index is 13.1. The molecule has 2 atom stereocenters. The standard InChI is InChI=1S/C25H32ClN7OS/c1-15-16(2)35-25-22(15)23(18-5-7-19(26)8-6-18)28-20(24-30-29-17(3)33(24)25)13-21(34)27-14-32-11-9-31(4)10-12-32/h5-8,17,20,29H,9-14H2,1-4H3,(H,27,34)/t17?,20-/m0/s1. The van der Waals surface area contributed by atoms with Crippen molar-refractivity contribution in [1.82, 2.24) is 20.5 Å². The number of hydrogen-bond donors (Lipinski definition) is 2. The first-order chi connectivity index (χ1) is 16.8. The fourth-order valence-corrected chi connectivity index (χ4v) is 6.11. The molecule has 1 amide bonds. The van der Waals surface area contributed by atoms with Crippen LogP contribution in [0, 0.1) is 13.8 Å². The Balaban J connectivity index is 1.46. The second-order valence-electron chi connectivity index (χ2n) is 9.49. The summed E-state index contributed by atoms with van der Waals surface area (Å²) in [6.45, 7) is 10.9. The summed E-state index contributed by atoms with van der Waals surface area (Å²) in [7, 11) is 2.13. The minimum atomic E-state index is -0.398. The molecule has 1 saturated heterocycles. The Kier molecular flexibility index (Phi) is 6.85. The van der Waals surface area contributed by atoms with Gasteiger partial charge < -0.3 is 10.2 Å². The molecule has 3 aliphatic heterocycles. The van der Waals surface area contributed by atoms with E-state index in [0.717, 1.165) is 53.9 Å². The molecule has 1 aromatic carbocycles. The van der Waals surface area contributed by atoms with Crippen LogP contribution in [0.3, 0.4) is 0 Å². The number of fused-ring (bicyclic) bond motifs is 3. The van der Waals surface area contributed by atoms with E-state index in [2.05, 4.69) is 58.4 Å². The molecule has 8 nitrogen and oxygen atoms in total. The number of rotatable bonds is 5. The Labute approximate surface area is 215 Å². The second kappa shape index (κ2) is 9.89. The number of carbonyl (C=O) groups excluding carboxylic acids is 1. The number of hydrogen-bond acceptors (Lipinski definition) is 8. The highest BCUT2D eigenvalue weighted by atomic mass is 35.5. The number of carbonyl (C=O) groups is 1. The second-order valence-corrected chi connectivity index (χ2v) is 11.1. The van der Waals surface area contributed by atoms with Crippen LogP contribution < -0.4 is 15.6 Å². The fourth-order valence-electron chi connectivity index (χ4n) is 4.74. The zero-order chi connectivity index (χ0) is 24.7. The largest absolute Gasteiger partial charge is 0.343 e. The third kappa shape index (κ3) is 4.82. The van der Waals surface area contributed by atoms with E-state index in [9.17, 15) is 4.79 Å². The van der Waals surface area contributed by atoms with Crippen molar-refractivity contribution in [2.75, 3.05) is 44.8 Å². The first-order valence-corrected chi connectivity index (χ1v) is 13.3. The number of piperazine rings is 1. The molecule has 10 heteroatoms. The molecule has 1 aromatic heterocycles. The Morgan fingerprint density at radius 1 is 1.20 bits per heavy atom. The van der Waals surface area contributed by atoms with Gasteiger partial charge in [0, 0.05) is 47.2 Å². The number of nitrogens with one attached hydrogen (secondary N) is 2. The summed E-state index contributed by atoms with van der Waals surface area (Å²) >= 11 is 7.94. The number of halogens is 1. The zero-order valence-electron chi connectivity index (χ0n) is 20.6. The van der Waals surface area contributed by atoms with Gasteiger partial charge in [0.15, 0.2) is 5.84 Å². The first-order valence-electron chi connectivity index (χ1n) is 12.1. The fraction of sp³-hybridized carbons (Fsp3) is 0.480. The van der Waals surface area contributed by atoms with E-state index in [0.29, 0.717) is 11.7 Å². The van der Waals surface area contributed by atoms with Crippen LogP contribution in [-0.4, -0.2) is 79.4 Å². The van der Waals surface area contributed by atoms with Gasteiger partial charge in [-0.05, 0) is 45.5 Å². The summed E-state index contributed by atoms with van der Waals surface area (Å²) in [5.41, 5.74) is 7.39. The van der Waals surface area contributed by atoms with Crippen LogP contribution in [0.25, 0.3) is 0 Å². The third-order valence-electron chi connectivity index (χ3n) is 7.00. The normalized spacial score (nSPS) is 22.6. The van der Waals surface area contributed by atoms with Gasteiger partial charge in [0.2, 0.25) is 5.91 Å². The van der Waals surface area contributed by atoms with Crippen molar-refractivity contribution in [3.63, 3.8) is 0 Å². The van der Waals surface area contributed by atoms with Crippen LogP contribution in [0.1, 0.15) is 34.9 Å². The van der Waals surface area contributed by atoms with Crippen molar-refractivity contribution in [2.45, 2.75) is 39.4 Å². The van der Waals surface area contributed by atoms with Gasteiger partial charge in [-0.2, -0.15) is 5.10 Å². The van der Waals surface area contributed by atoms with Gasteiger partial charge in [-0.1, -0.05) is 23.7 Å². The van der Waals surface area contributed by atoms with Crippen molar-refractivity contribution >= 4 is 45.4 Å². The molecule has 3 aliphatic rings. The van der Waals surface area contributed by atoms with Gasteiger partial charge in [0.05, 0.1) is 18.8 Å². The smallest absolute Gasteiger partial charge is 0.223 e. The van der Waals surface area contributed by atoms with Crippen LogP contribution in [0.2, 0.25) is 5.02 Å². The van der Waals surface area contributed by atoms with Crippen LogP contribution in [0.15, 0.2) is 34.4 Å². The van der Waals surface area contributed by atoms with E-state index >= 15 is 0 Å². The molecule has 186 valence electrons. The quantitative estimate of drug-likeness (QED) is 0.643. The number of nitrogens with zero attached hydrogens (tertiary/aromatic N) is 5. The zero-order valence-corrected chi connectivity index (χ0v) is 22.2. The average Bonchev–Trinajstić information content (AvgIpc) is 3.31. The highest BCUT2D eigenvalue weighted by Crippen LogP contribution is 2.41. The molecule has 4 heterocycles. The number of likely N-dealkylation sites (N-methyl/N-ethyl adjacent to an activating group) is 1. The molecule has 0 radical (unpaired) electrons. The summed E-state index contributed by atoms with van der Waals surface area (Å²) in [5, 5.41) is 9.56. The van der Waals surface area contributed by atoms with E-state index in [-0.39, 0.29) is 18.5 Å². The van der Waals surface area contributed by atoms with Crippen molar-refractivity contribution in [1.29, 1.82) is 0 Å². The van der Waals surface area contributed by atoms with Crippen LogP contribution in [-0.2, 0) is 4.79 Å². The molecule has 0 saturated carbocycles. The summed E-state index contributed by atoms with van der Waals surface area (Å²) in [5.74, 6) is 0.771. The molecule has 0 bridgehead atoms. The number of benzene rings is 1. The molecule has 35 heavy (non-hydrogen) atoms. The van der Waals surface area contributed by atoms with E-state index in [4.69, 9.17) is 16.6 Å². The lowest BCUT2D eigenvalue weighted by molar-refractivity contribution is -0.121. The van der Waals surface area contributed by atoms with Crippen LogP contribution in [0.5, 0.6) is 0 Å². The van der Waals surface area contributed by atoms with E-state index in [1.54, 1.807) is 11.3 Å². The Hall–Kier alpha value is -2.46. The predicted octanol–water partition coefficient (Wildman–Crippen LogP) is 3.02. The van der Waals surface area contributed by atoms with E-state index in [1.165, 1.54) is 10.4 Å². The Bertz CT molecular complexity index is 1170. The first kappa shape index (κ1) is 24.2. The van der Waals surface area contributed by atoms with Gasteiger partial charge >= 0.3 is 0 Å². The summed E-state index contributed by atoms with van der Waals surface area (Å²) in [6, 6.07) is 7.38. The minimum Gasteiger partial charge on any atom is -0.343 e. The Morgan fingerprint density at radius 2 is 1.91 bits per heavy atom. The monoisotopic (exact) mass is 513 g/mol. The van der Waals surface area contributed by atoms with Crippen molar-refractivity contribution in [2.24, 2.45) is 10.1 Å². The van der Waals surface area contributed by atoms with Crippen molar-refractivity contribution in [3.8, 4) is 0 Å². The number of aryl methyl sites for hydroxylation is 1. The summed E-state index contributed by atoms with van der Waals surface area (Å²) in [4.78, 5) is 26.3. The number of aliphatic imine (C=N–C) groups is 1. The molecule has 0 aliphatic carbocycles. The van der Waals surface area contributed by atoms with Crippen molar-refractivity contribution < 1.29 is 4.79 Å². The number of anilines is 1. The molecule has 1 fully saturated rings. The van der Waals surface area contributed by atoms with E-state index < -0.39 is 6.04 Å². The number of amidine groups is 1. The predicted molar refractivity (Wildman–Crippen MR) is 144 cm³/mol. The minimum absolute atomic E-state index is 0.0168. The number of thiophene rings is 1. The van der Waals surface area contributed by atoms with Crippen LogP contribution >= 0.6 is 22.9 Å². The lowest BCUT2D eigenvalue weighted by Crippen LogP contribution is -2.49. The maximum Gasteiger partial charge on any atom is 0.223 e. The molecular formula is C25H32ClN7OS. The topological polar surface area (TPSA) is 75.6 Å². The van der Waals surface area contributed by atoms with E-state index in [1.807, 2.05) is 24.3 Å². The van der Waals surface area contributed by atoms with Gasteiger partial charge in [-0.15, -0.1) is 11.3 Å². The van der Waals surface area contributed by atoms with Gasteiger partial charge in [0.1, 0.15) is 17.2 Å². The van der Waals surface area contributed by atoms with Gasteiger partial charge in [-0.3, -0.25) is 25.0 Å². The number of hydrazone groups is 1. The summed E-state index contributed by atoms with van der Waals surface area (Å²) in [6.07, 6.45) is 0.221. The van der Waals surface area contributed by atoms with Crippen molar-refractivity contribution in [3.05, 3.63) is 50.9 Å². The van der Waals surface area contributed by atoms with Gasteiger partial charge in [-0.25, -0.2) is 0 Å². The molecule has 5 rings (SSSR count). The number of amides is 1. The molecule has 2 aromatic rings.